The van der Waals surface area contributed by atoms with Crippen LogP contribution in [-0.4, -0.2) is 38.4 Å². The Morgan fingerprint density at radius 3 is 2.11 bits per heavy atom. The Bertz CT molecular complexity index is 632. The Kier molecular flexibility index (Phi) is 8.73. The molecule has 0 saturated carbocycles. The van der Waals surface area contributed by atoms with Gasteiger partial charge in [0.05, 0.1) is 14.7 Å². The molecule has 5 nitrogen and oxygen atoms in total. The largest absolute Gasteiger partial charge is 0.458 e. The van der Waals surface area contributed by atoms with E-state index in [9.17, 15) is 9.59 Å². The molecule has 0 bridgehead atoms. The van der Waals surface area contributed by atoms with Gasteiger partial charge in [-0.15, -0.1) is 0 Å². The van der Waals surface area contributed by atoms with Crippen LogP contribution in [-0.2, 0) is 14.3 Å². The lowest BCUT2D eigenvalue weighted by Gasteiger charge is -2.29. The van der Waals surface area contributed by atoms with E-state index < -0.39 is 31.8 Å². The van der Waals surface area contributed by atoms with Crippen molar-refractivity contribution in [3.05, 3.63) is 35.9 Å². The number of amides is 1. The molecule has 1 N–H and O–H groups in total. The van der Waals surface area contributed by atoms with E-state index >= 15 is 0 Å². The van der Waals surface area contributed by atoms with Crippen LogP contribution in [0.25, 0.3) is 0 Å². The third kappa shape index (κ3) is 8.91. The maximum atomic E-state index is 12.5. The Hall–Kier alpha value is -1.82. The minimum absolute atomic E-state index is 0.185. The van der Waals surface area contributed by atoms with Crippen molar-refractivity contribution in [3.63, 3.8) is 0 Å². The minimum Gasteiger partial charge on any atom is -0.458 e. The number of hydrogen-bond acceptors (Lipinski definition) is 4. The molecule has 1 rings (SSSR count). The first-order valence-corrected chi connectivity index (χ1v) is 13.6. The number of ether oxygens (including phenoxy) is 2. The van der Waals surface area contributed by atoms with Crippen molar-refractivity contribution >= 4 is 20.1 Å². The summed E-state index contributed by atoms with van der Waals surface area (Å²) in [6.07, 6.45) is -0.0733. The molecule has 1 aromatic rings. The van der Waals surface area contributed by atoms with Crippen LogP contribution < -0.4 is 5.32 Å². The summed E-state index contributed by atoms with van der Waals surface area (Å²) in [5, 5.41) is 2.71. The van der Waals surface area contributed by atoms with Crippen LogP contribution in [0.1, 0.15) is 52.1 Å². The molecule has 0 fully saturated rings. The van der Waals surface area contributed by atoms with Crippen molar-refractivity contribution in [3.8, 4) is 0 Å². The zero-order valence-corrected chi connectivity index (χ0v) is 19.7. The van der Waals surface area contributed by atoms with E-state index in [4.69, 9.17) is 9.47 Å². The van der Waals surface area contributed by atoms with E-state index in [0.29, 0.717) is 13.0 Å². The first kappa shape index (κ1) is 24.2. The van der Waals surface area contributed by atoms with Gasteiger partial charge in [0.25, 0.3) is 0 Å². The molecule has 0 aliphatic rings. The van der Waals surface area contributed by atoms with Gasteiger partial charge in [0.2, 0.25) is 0 Å². The summed E-state index contributed by atoms with van der Waals surface area (Å²) in [5.41, 5.74) is 0.763. The molecule has 0 spiro atoms. The predicted molar refractivity (Wildman–Crippen MR) is 116 cm³/mol. The van der Waals surface area contributed by atoms with Crippen LogP contribution in [0.5, 0.6) is 0 Å². The highest BCUT2D eigenvalue weighted by Crippen LogP contribution is 2.27. The van der Waals surface area contributed by atoms with Gasteiger partial charge >= 0.3 is 12.1 Å². The van der Waals surface area contributed by atoms with Crippen LogP contribution >= 0.6 is 0 Å². The summed E-state index contributed by atoms with van der Waals surface area (Å²) in [4.78, 5) is 24.9. The van der Waals surface area contributed by atoms with Gasteiger partial charge in [-0.1, -0.05) is 63.8 Å². The number of esters is 1. The molecule has 1 aromatic carbocycles. The molecule has 0 radical (unpaired) electrons. The summed E-state index contributed by atoms with van der Waals surface area (Å²) < 4.78 is 11.0. The third-order valence-electron chi connectivity index (χ3n) is 4.32. The molecule has 1 amide bonds. The van der Waals surface area contributed by atoms with Gasteiger partial charge in [0.15, 0.2) is 0 Å². The number of rotatable bonds is 8. The number of nitrogens with one attached hydrogen (secondary N) is 1. The van der Waals surface area contributed by atoms with Crippen LogP contribution in [0.4, 0.5) is 4.79 Å². The fourth-order valence-corrected chi connectivity index (χ4v) is 4.71. The first-order valence-electron chi connectivity index (χ1n) is 10.0. The van der Waals surface area contributed by atoms with Crippen molar-refractivity contribution in [2.24, 2.45) is 5.92 Å². The zero-order valence-electron chi connectivity index (χ0n) is 18.7. The standard InChI is InChI=1S/C22H37NO4Si/c1-16(2)14-18(20(24)27-22(3,4)5)23-21(25)26-15-19(28(6,7)8)17-12-10-9-11-13-17/h9-13,16,18-19H,14-15H2,1-8H3,(H,23,25)/t18-,19?/m0/s1. The van der Waals surface area contributed by atoms with E-state index in [0.717, 1.165) is 0 Å². The molecule has 0 aliphatic heterocycles. The number of carbonyl (C=O) groups is 2. The Morgan fingerprint density at radius 2 is 1.64 bits per heavy atom. The Labute approximate surface area is 171 Å². The third-order valence-corrected chi connectivity index (χ3v) is 6.91. The van der Waals surface area contributed by atoms with Crippen molar-refractivity contribution in [1.29, 1.82) is 0 Å². The molecule has 0 saturated heterocycles. The predicted octanol–water partition coefficient (Wildman–Crippen LogP) is 5.13. The quantitative estimate of drug-likeness (QED) is 0.479. The fraction of sp³-hybridized carbons (Fsp3) is 0.636. The highest BCUT2D eigenvalue weighted by molar-refractivity contribution is 6.77. The van der Waals surface area contributed by atoms with E-state index in [-0.39, 0.29) is 11.5 Å². The summed E-state index contributed by atoms with van der Waals surface area (Å²) in [5.74, 6) is -0.195. The lowest BCUT2D eigenvalue weighted by atomic mass is 10.0. The topological polar surface area (TPSA) is 64.6 Å². The van der Waals surface area contributed by atoms with Gasteiger partial charge in [-0.25, -0.2) is 9.59 Å². The molecule has 158 valence electrons. The van der Waals surface area contributed by atoms with E-state index in [1.54, 1.807) is 0 Å². The van der Waals surface area contributed by atoms with E-state index in [1.807, 2.05) is 52.8 Å². The smallest absolute Gasteiger partial charge is 0.407 e. The highest BCUT2D eigenvalue weighted by Gasteiger charge is 2.31. The van der Waals surface area contributed by atoms with Gasteiger partial charge in [-0.3, -0.25) is 0 Å². The monoisotopic (exact) mass is 407 g/mol. The lowest BCUT2D eigenvalue weighted by Crippen LogP contribution is -2.46. The van der Waals surface area contributed by atoms with Crippen LogP contribution in [0.3, 0.4) is 0 Å². The molecular formula is C22H37NO4Si. The van der Waals surface area contributed by atoms with E-state index in [2.05, 4.69) is 37.1 Å². The maximum Gasteiger partial charge on any atom is 0.407 e. The van der Waals surface area contributed by atoms with Gasteiger partial charge in [0.1, 0.15) is 11.6 Å². The molecule has 6 heteroatoms. The first-order chi connectivity index (χ1) is 12.8. The molecule has 0 aliphatic carbocycles. The van der Waals surface area contributed by atoms with Crippen LogP contribution in [0, 0.1) is 5.92 Å². The molecule has 2 atom stereocenters. The Balaban J connectivity index is 2.78. The number of benzene rings is 1. The molecular weight excluding hydrogens is 370 g/mol. The van der Waals surface area contributed by atoms with Crippen molar-refractivity contribution in [2.45, 2.75) is 77.9 Å². The maximum absolute atomic E-state index is 12.5. The van der Waals surface area contributed by atoms with Gasteiger partial charge < -0.3 is 14.8 Å². The molecule has 1 unspecified atom stereocenters. The number of hydrogen-bond donors (Lipinski definition) is 1. The average Bonchev–Trinajstić information content (AvgIpc) is 2.52. The molecule has 28 heavy (non-hydrogen) atoms. The van der Waals surface area contributed by atoms with Gasteiger partial charge in [-0.05, 0) is 38.7 Å². The zero-order chi connectivity index (χ0) is 21.5. The van der Waals surface area contributed by atoms with Crippen molar-refractivity contribution in [2.75, 3.05) is 6.61 Å². The van der Waals surface area contributed by atoms with E-state index in [1.165, 1.54) is 5.56 Å². The molecule has 0 aromatic heterocycles. The van der Waals surface area contributed by atoms with Gasteiger partial charge in [-0.2, -0.15) is 0 Å². The van der Waals surface area contributed by atoms with Crippen LogP contribution in [0.15, 0.2) is 30.3 Å². The van der Waals surface area contributed by atoms with Crippen molar-refractivity contribution < 1.29 is 19.1 Å². The summed E-state index contributed by atoms with van der Waals surface area (Å²) in [6, 6.07) is 9.43. The van der Waals surface area contributed by atoms with Crippen LogP contribution in [0.2, 0.25) is 19.6 Å². The highest BCUT2D eigenvalue weighted by atomic mass is 28.3. The minimum atomic E-state index is -1.61. The summed E-state index contributed by atoms with van der Waals surface area (Å²) in [7, 11) is -1.61. The Morgan fingerprint density at radius 1 is 1.07 bits per heavy atom. The molecule has 0 heterocycles. The normalized spacial score (nSPS) is 14.3. The number of alkyl carbamates (subject to hydrolysis) is 1. The fourth-order valence-electron chi connectivity index (χ4n) is 2.93. The summed E-state index contributed by atoms with van der Waals surface area (Å²) in [6.45, 7) is 16.5. The second-order valence-electron chi connectivity index (χ2n) is 9.79. The lowest BCUT2D eigenvalue weighted by molar-refractivity contribution is -0.157. The SMILES string of the molecule is CC(C)C[C@H](NC(=O)OCC(c1ccccc1)[Si](C)(C)C)C(=O)OC(C)(C)C. The van der Waals surface area contributed by atoms with Crippen molar-refractivity contribution in [1.82, 2.24) is 5.32 Å². The second kappa shape index (κ2) is 10.1. The van der Waals surface area contributed by atoms with Gasteiger partial charge in [0, 0.05) is 5.54 Å². The summed E-state index contributed by atoms with van der Waals surface area (Å²) >= 11 is 0. The second-order valence-corrected chi connectivity index (χ2v) is 15.2. The number of carbonyl (C=O) groups excluding carboxylic acids is 2. The average molecular weight is 408 g/mol.